The maximum Gasteiger partial charge on any atom is 0.382 e. The van der Waals surface area contributed by atoms with Gasteiger partial charge >= 0.3 is 5.97 Å². The molecule has 0 amide bonds. The number of hydrogen-bond acceptors (Lipinski definition) is 4. The van der Waals surface area contributed by atoms with Gasteiger partial charge in [0.1, 0.15) is 5.82 Å². The summed E-state index contributed by atoms with van der Waals surface area (Å²) in [6.07, 6.45) is 0.776. The van der Waals surface area contributed by atoms with Gasteiger partial charge in [-0.2, -0.15) is 0 Å². The lowest BCUT2D eigenvalue weighted by molar-refractivity contribution is -0.130. The number of carboxylic acid groups (broad SMARTS) is 1. The van der Waals surface area contributed by atoms with E-state index in [4.69, 9.17) is 16.7 Å². The molecule has 0 spiro atoms. The fraction of sp³-hybridized carbons (Fsp3) is 0.120. The summed E-state index contributed by atoms with van der Waals surface area (Å²) >= 11 is 7.33. The first-order valence-electron chi connectivity index (χ1n) is 9.86. The van der Waals surface area contributed by atoms with Gasteiger partial charge in [0.15, 0.2) is 5.13 Å². The lowest BCUT2D eigenvalue weighted by atomic mass is 10.1. The molecule has 160 valence electrons. The van der Waals surface area contributed by atoms with Gasteiger partial charge in [-0.05, 0) is 53.9 Å². The highest BCUT2D eigenvalue weighted by Gasteiger charge is 2.15. The Morgan fingerprint density at radius 2 is 1.78 bits per heavy atom. The highest BCUT2D eigenvalue weighted by Crippen LogP contribution is 2.31. The zero-order valence-electron chi connectivity index (χ0n) is 16.9. The number of thiazole rings is 1. The van der Waals surface area contributed by atoms with Gasteiger partial charge in [-0.15, -0.1) is 0 Å². The van der Waals surface area contributed by atoms with Crippen LogP contribution in [0.1, 0.15) is 16.7 Å². The minimum atomic E-state index is -1.16. The van der Waals surface area contributed by atoms with Gasteiger partial charge in [-0.25, -0.2) is 14.2 Å². The van der Waals surface area contributed by atoms with E-state index in [0.29, 0.717) is 33.9 Å². The second-order valence-electron chi connectivity index (χ2n) is 7.13. The number of benzene rings is 3. The van der Waals surface area contributed by atoms with Gasteiger partial charge in [-0.1, -0.05) is 59.2 Å². The Labute approximate surface area is 193 Å². The number of carboxylic acids is 1. The molecule has 0 aliphatic rings. The van der Waals surface area contributed by atoms with Crippen molar-refractivity contribution in [1.82, 2.24) is 4.98 Å². The normalized spacial score (nSPS) is 10.6. The van der Waals surface area contributed by atoms with Crippen LogP contribution in [0.4, 0.5) is 9.52 Å². The fourth-order valence-electron chi connectivity index (χ4n) is 3.24. The number of fused-ring (bicyclic) bond motifs is 1. The van der Waals surface area contributed by atoms with Crippen molar-refractivity contribution in [2.75, 3.05) is 11.4 Å². The molecule has 1 N–H and O–H groups in total. The topological polar surface area (TPSA) is 53.4 Å². The van der Waals surface area contributed by atoms with Crippen molar-refractivity contribution in [2.24, 2.45) is 0 Å². The summed E-state index contributed by atoms with van der Waals surface area (Å²) in [6.45, 7) is 1.26. The predicted molar refractivity (Wildman–Crippen MR) is 127 cm³/mol. The molecule has 0 aliphatic heterocycles. The van der Waals surface area contributed by atoms with Crippen LogP contribution in [0, 0.1) is 17.7 Å². The molecule has 0 aliphatic carbocycles. The molecular formula is C25H18ClFN2O2S. The van der Waals surface area contributed by atoms with Crippen LogP contribution in [0.15, 0.2) is 66.7 Å². The number of aromatic nitrogens is 1. The molecule has 0 unspecified atom stereocenters. The molecule has 7 heteroatoms. The van der Waals surface area contributed by atoms with Gasteiger partial charge in [0.2, 0.25) is 0 Å². The van der Waals surface area contributed by atoms with Crippen LogP contribution in [-0.2, 0) is 17.8 Å². The van der Waals surface area contributed by atoms with E-state index in [1.807, 2.05) is 42.5 Å². The highest BCUT2D eigenvalue weighted by atomic mass is 35.5. The lowest BCUT2D eigenvalue weighted by Gasteiger charge is -2.22. The lowest BCUT2D eigenvalue weighted by Crippen LogP contribution is -2.25. The molecule has 4 aromatic rings. The monoisotopic (exact) mass is 464 g/mol. The smallest absolute Gasteiger partial charge is 0.382 e. The van der Waals surface area contributed by atoms with Crippen molar-refractivity contribution in [3.8, 4) is 11.8 Å². The number of nitrogens with zero attached hydrogens (tertiary/aromatic N) is 2. The van der Waals surface area contributed by atoms with Gasteiger partial charge in [-0.3, -0.25) is 0 Å². The van der Waals surface area contributed by atoms with Crippen molar-refractivity contribution in [3.05, 3.63) is 94.3 Å². The third-order valence-electron chi connectivity index (χ3n) is 4.85. The number of rotatable bonds is 6. The van der Waals surface area contributed by atoms with Gasteiger partial charge in [0.25, 0.3) is 0 Å². The summed E-state index contributed by atoms with van der Waals surface area (Å²) in [5.41, 5.74) is 3.43. The molecule has 0 fully saturated rings. The number of hydrogen-bond donors (Lipinski definition) is 1. The van der Waals surface area contributed by atoms with E-state index in [9.17, 15) is 9.18 Å². The molecule has 0 atom stereocenters. The van der Waals surface area contributed by atoms with Crippen molar-refractivity contribution < 1.29 is 14.3 Å². The number of halogens is 2. The Balaban J connectivity index is 1.59. The Morgan fingerprint density at radius 3 is 2.47 bits per heavy atom. The highest BCUT2D eigenvalue weighted by molar-refractivity contribution is 7.22. The van der Waals surface area contributed by atoms with Crippen LogP contribution in [0.25, 0.3) is 10.2 Å². The van der Waals surface area contributed by atoms with Crippen LogP contribution < -0.4 is 4.90 Å². The molecule has 0 saturated carbocycles. The molecule has 0 radical (unpaired) electrons. The number of anilines is 1. The van der Waals surface area contributed by atoms with E-state index in [2.05, 4.69) is 21.7 Å². The third kappa shape index (κ3) is 5.44. The van der Waals surface area contributed by atoms with Crippen LogP contribution in [-0.4, -0.2) is 22.6 Å². The second kappa shape index (κ2) is 9.82. The maximum absolute atomic E-state index is 14.2. The minimum absolute atomic E-state index is 0.273. The van der Waals surface area contributed by atoms with Crippen molar-refractivity contribution in [3.63, 3.8) is 0 Å². The van der Waals surface area contributed by atoms with Gasteiger partial charge < -0.3 is 10.0 Å². The van der Waals surface area contributed by atoms with E-state index in [1.54, 1.807) is 18.2 Å². The first-order valence-corrected chi connectivity index (χ1v) is 11.1. The van der Waals surface area contributed by atoms with Crippen LogP contribution >= 0.6 is 22.9 Å². The van der Waals surface area contributed by atoms with E-state index in [-0.39, 0.29) is 5.82 Å². The molecule has 32 heavy (non-hydrogen) atoms. The summed E-state index contributed by atoms with van der Waals surface area (Å²) in [4.78, 5) is 17.4. The van der Waals surface area contributed by atoms with Crippen LogP contribution in [0.5, 0.6) is 0 Å². The SMILES string of the molecule is O=C(O)C#Cc1ccc(CN(CCc2ccc(Cl)cc2)c2nc3cccc(F)c3s2)cc1. The Bertz CT molecular complexity index is 1310. The predicted octanol–water partition coefficient (Wildman–Crippen LogP) is 5.77. The summed E-state index contributed by atoms with van der Waals surface area (Å²) in [5, 5.41) is 10.1. The number of carbonyl (C=O) groups is 1. The summed E-state index contributed by atoms with van der Waals surface area (Å²) in [5.74, 6) is 3.28. The average Bonchev–Trinajstić information content (AvgIpc) is 3.23. The van der Waals surface area contributed by atoms with Crippen molar-refractivity contribution in [1.29, 1.82) is 0 Å². The second-order valence-corrected chi connectivity index (χ2v) is 8.55. The van der Waals surface area contributed by atoms with Gasteiger partial charge in [0, 0.05) is 29.6 Å². The molecule has 1 aromatic heterocycles. The largest absolute Gasteiger partial charge is 0.472 e. The summed E-state index contributed by atoms with van der Waals surface area (Å²) in [7, 11) is 0. The third-order valence-corrected chi connectivity index (χ3v) is 6.24. The zero-order chi connectivity index (χ0) is 22.5. The Kier molecular flexibility index (Phi) is 6.69. The molecule has 1 heterocycles. The zero-order valence-corrected chi connectivity index (χ0v) is 18.5. The van der Waals surface area contributed by atoms with E-state index in [0.717, 1.165) is 22.7 Å². The van der Waals surface area contributed by atoms with Crippen LogP contribution in [0.2, 0.25) is 5.02 Å². The first kappa shape index (κ1) is 21.8. The quantitative estimate of drug-likeness (QED) is 0.368. The van der Waals surface area contributed by atoms with E-state index >= 15 is 0 Å². The van der Waals surface area contributed by atoms with Crippen LogP contribution in [0.3, 0.4) is 0 Å². The fourth-order valence-corrected chi connectivity index (χ4v) is 4.36. The standard InChI is InChI=1S/C25H18ClFN2O2S/c26-20-11-8-18(9-12-20)14-15-29(25-28-22-3-1-2-21(27)24(22)32-25)16-19-6-4-17(5-7-19)10-13-23(30)31/h1-9,11-12H,14-16H2,(H,30,31). The molecule has 4 nitrogen and oxygen atoms in total. The molecular weight excluding hydrogens is 447 g/mol. The van der Waals surface area contributed by atoms with E-state index < -0.39 is 5.97 Å². The average molecular weight is 465 g/mol. The van der Waals surface area contributed by atoms with E-state index in [1.165, 1.54) is 17.4 Å². The van der Waals surface area contributed by atoms with Crippen molar-refractivity contribution in [2.45, 2.75) is 13.0 Å². The summed E-state index contributed by atoms with van der Waals surface area (Å²) < 4.78 is 14.8. The first-order chi connectivity index (χ1) is 15.5. The minimum Gasteiger partial charge on any atom is -0.472 e. The van der Waals surface area contributed by atoms with Gasteiger partial charge in [0.05, 0.1) is 10.2 Å². The molecule has 0 bridgehead atoms. The van der Waals surface area contributed by atoms with Crippen molar-refractivity contribution >= 4 is 44.3 Å². The summed E-state index contributed by atoms with van der Waals surface area (Å²) in [6, 6.07) is 20.0. The Hall–Kier alpha value is -3.40. The maximum atomic E-state index is 14.2. The Morgan fingerprint density at radius 1 is 1.06 bits per heavy atom. The molecule has 3 aromatic carbocycles. The number of aliphatic carboxylic acids is 1. The molecule has 4 rings (SSSR count). The molecule has 0 saturated heterocycles.